The van der Waals surface area contributed by atoms with Gasteiger partial charge in [0.25, 0.3) is 5.91 Å². The number of benzene rings is 1. The molecule has 16 heavy (non-hydrogen) atoms. The third-order valence-electron chi connectivity index (χ3n) is 2.13. The summed E-state index contributed by atoms with van der Waals surface area (Å²) in [5.74, 6) is 0.00114. The molecule has 0 aliphatic rings. The molecule has 4 heteroatoms. The largest absolute Gasteiger partial charge is 0.508 e. The number of phenols is 1. The number of carbonyl (C=O) groups is 1. The van der Waals surface area contributed by atoms with Gasteiger partial charge in [-0.05, 0) is 26.0 Å². The van der Waals surface area contributed by atoms with Crippen molar-refractivity contribution < 1.29 is 14.6 Å². The van der Waals surface area contributed by atoms with Crippen LogP contribution in [-0.4, -0.2) is 30.8 Å². The Balaban J connectivity index is 2.63. The zero-order chi connectivity index (χ0) is 12.1. The second-order valence-electron chi connectivity index (χ2n) is 3.83. The summed E-state index contributed by atoms with van der Waals surface area (Å²) < 4.78 is 5.22. The molecule has 1 N–H and O–H groups in total. The van der Waals surface area contributed by atoms with Gasteiger partial charge in [0.15, 0.2) is 0 Å². The normalized spacial score (nSPS) is 10.5. The minimum Gasteiger partial charge on any atom is -0.508 e. The first-order valence-electron chi connectivity index (χ1n) is 5.18. The molecule has 0 heterocycles. The molecular weight excluding hydrogens is 206 g/mol. The lowest BCUT2D eigenvalue weighted by Crippen LogP contribution is -2.31. The minimum atomic E-state index is -0.140. The molecule has 0 saturated heterocycles. The Morgan fingerprint density at radius 2 is 2.19 bits per heavy atom. The molecule has 88 valence electrons. The minimum absolute atomic E-state index is 0.0292. The van der Waals surface area contributed by atoms with Gasteiger partial charge in [-0.3, -0.25) is 4.79 Å². The maximum atomic E-state index is 11.7. The number of anilines is 1. The molecule has 0 aliphatic heterocycles. The lowest BCUT2D eigenvalue weighted by atomic mass is 10.3. The van der Waals surface area contributed by atoms with Crippen LogP contribution >= 0.6 is 0 Å². The van der Waals surface area contributed by atoms with E-state index in [1.807, 2.05) is 13.8 Å². The fraction of sp³-hybridized carbons (Fsp3) is 0.417. The predicted molar refractivity (Wildman–Crippen MR) is 62.6 cm³/mol. The number of phenolic OH excluding ortho intramolecular Hbond substituents is 1. The summed E-state index contributed by atoms with van der Waals surface area (Å²) in [6.07, 6.45) is 0.0292. The van der Waals surface area contributed by atoms with Crippen LogP contribution in [0.3, 0.4) is 0 Å². The van der Waals surface area contributed by atoms with Crippen molar-refractivity contribution in [3.63, 3.8) is 0 Å². The van der Waals surface area contributed by atoms with E-state index < -0.39 is 0 Å². The van der Waals surface area contributed by atoms with Gasteiger partial charge in [0, 0.05) is 18.8 Å². The molecule has 0 atom stereocenters. The summed E-state index contributed by atoms with van der Waals surface area (Å²) in [6.45, 7) is 3.80. The van der Waals surface area contributed by atoms with E-state index in [2.05, 4.69) is 0 Å². The number of amides is 1. The molecule has 0 bridgehead atoms. The molecule has 0 spiro atoms. The monoisotopic (exact) mass is 223 g/mol. The number of nitrogens with zero attached hydrogens (tertiary/aromatic N) is 1. The highest BCUT2D eigenvalue weighted by molar-refractivity contribution is 5.93. The topological polar surface area (TPSA) is 49.8 Å². The molecule has 4 nitrogen and oxygen atoms in total. The summed E-state index contributed by atoms with van der Waals surface area (Å²) in [4.78, 5) is 13.1. The van der Waals surface area contributed by atoms with Crippen LogP contribution in [0.5, 0.6) is 5.75 Å². The van der Waals surface area contributed by atoms with Crippen molar-refractivity contribution in [3.05, 3.63) is 24.3 Å². The maximum absolute atomic E-state index is 11.7. The molecule has 0 saturated carbocycles. The summed E-state index contributed by atoms with van der Waals surface area (Å²) in [5.41, 5.74) is 0.650. The lowest BCUT2D eigenvalue weighted by Gasteiger charge is -2.18. The highest BCUT2D eigenvalue weighted by atomic mass is 16.5. The van der Waals surface area contributed by atoms with Gasteiger partial charge in [0.05, 0.1) is 6.10 Å². The first-order valence-corrected chi connectivity index (χ1v) is 5.18. The van der Waals surface area contributed by atoms with Crippen molar-refractivity contribution in [3.8, 4) is 5.75 Å². The first kappa shape index (κ1) is 12.5. The number of likely N-dealkylation sites (N-methyl/N-ethyl adjacent to an activating group) is 1. The molecule has 0 fully saturated rings. The SMILES string of the molecule is CC(C)OCC(=O)N(C)c1cccc(O)c1. The fourth-order valence-corrected chi connectivity index (χ4v) is 1.18. The van der Waals surface area contributed by atoms with E-state index >= 15 is 0 Å². The molecule has 0 radical (unpaired) electrons. The number of hydrogen-bond donors (Lipinski definition) is 1. The summed E-state index contributed by atoms with van der Waals surface area (Å²) in [5, 5.41) is 9.29. The number of aromatic hydroxyl groups is 1. The van der Waals surface area contributed by atoms with Gasteiger partial charge in [-0.25, -0.2) is 0 Å². The standard InChI is InChI=1S/C12H17NO3/c1-9(2)16-8-12(15)13(3)10-5-4-6-11(14)7-10/h4-7,9,14H,8H2,1-3H3. The highest BCUT2D eigenvalue weighted by Crippen LogP contribution is 2.18. The number of hydrogen-bond acceptors (Lipinski definition) is 3. The van der Waals surface area contributed by atoms with Gasteiger partial charge in [0.2, 0.25) is 0 Å². The van der Waals surface area contributed by atoms with Crippen LogP contribution in [0.2, 0.25) is 0 Å². The van der Waals surface area contributed by atoms with Crippen molar-refractivity contribution in [1.29, 1.82) is 0 Å². The molecule has 1 rings (SSSR count). The van der Waals surface area contributed by atoms with Crippen LogP contribution in [0.4, 0.5) is 5.69 Å². The van der Waals surface area contributed by atoms with E-state index in [1.165, 1.54) is 11.0 Å². The van der Waals surface area contributed by atoms with Gasteiger partial charge in [-0.1, -0.05) is 6.07 Å². The fourth-order valence-electron chi connectivity index (χ4n) is 1.18. The van der Waals surface area contributed by atoms with Crippen LogP contribution in [0, 0.1) is 0 Å². The van der Waals surface area contributed by atoms with Gasteiger partial charge < -0.3 is 14.7 Å². The summed E-state index contributed by atoms with van der Waals surface area (Å²) in [6, 6.07) is 6.55. The number of rotatable bonds is 4. The first-order chi connectivity index (χ1) is 7.50. The molecule has 1 amide bonds. The van der Waals surface area contributed by atoms with E-state index in [-0.39, 0.29) is 24.4 Å². The number of ether oxygens (including phenoxy) is 1. The number of carbonyl (C=O) groups excluding carboxylic acids is 1. The zero-order valence-corrected chi connectivity index (χ0v) is 9.80. The Morgan fingerprint density at radius 1 is 1.50 bits per heavy atom. The summed E-state index contributed by atoms with van der Waals surface area (Å²) >= 11 is 0. The molecule has 0 unspecified atom stereocenters. The molecule has 1 aromatic rings. The molecule has 1 aromatic carbocycles. The quantitative estimate of drug-likeness (QED) is 0.846. The van der Waals surface area contributed by atoms with E-state index in [0.717, 1.165) is 0 Å². The van der Waals surface area contributed by atoms with Gasteiger partial charge in [-0.15, -0.1) is 0 Å². The average molecular weight is 223 g/mol. The Labute approximate surface area is 95.5 Å². The van der Waals surface area contributed by atoms with Gasteiger partial charge in [0.1, 0.15) is 12.4 Å². The highest BCUT2D eigenvalue weighted by Gasteiger charge is 2.11. The van der Waals surface area contributed by atoms with Crippen molar-refractivity contribution in [1.82, 2.24) is 0 Å². The second kappa shape index (κ2) is 5.51. The third-order valence-corrected chi connectivity index (χ3v) is 2.13. The third kappa shape index (κ3) is 3.55. The van der Waals surface area contributed by atoms with Crippen molar-refractivity contribution in [2.75, 3.05) is 18.6 Å². The molecule has 0 aromatic heterocycles. The van der Waals surface area contributed by atoms with E-state index in [1.54, 1.807) is 25.2 Å². The van der Waals surface area contributed by atoms with Crippen LogP contribution in [-0.2, 0) is 9.53 Å². The van der Waals surface area contributed by atoms with E-state index in [9.17, 15) is 9.90 Å². The van der Waals surface area contributed by atoms with Crippen LogP contribution in [0.1, 0.15) is 13.8 Å². The van der Waals surface area contributed by atoms with Crippen LogP contribution < -0.4 is 4.90 Å². The molecular formula is C12H17NO3. The Hall–Kier alpha value is -1.55. The van der Waals surface area contributed by atoms with Crippen molar-refractivity contribution in [2.24, 2.45) is 0 Å². The second-order valence-corrected chi connectivity index (χ2v) is 3.83. The smallest absolute Gasteiger partial charge is 0.252 e. The molecule has 0 aliphatic carbocycles. The van der Waals surface area contributed by atoms with Crippen molar-refractivity contribution in [2.45, 2.75) is 20.0 Å². The Bertz CT molecular complexity index is 363. The lowest BCUT2D eigenvalue weighted by molar-refractivity contribution is -0.124. The predicted octanol–water partition coefficient (Wildman–Crippen LogP) is 1.78. The average Bonchev–Trinajstić information content (AvgIpc) is 2.24. The maximum Gasteiger partial charge on any atom is 0.252 e. The van der Waals surface area contributed by atoms with Crippen molar-refractivity contribution >= 4 is 11.6 Å². The Kier molecular flexibility index (Phi) is 4.31. The summed E-state index contributed by atoms with van der Waals surface area (Å²) in [7, 11) is 1.65. The van der Waals surface area contributed by atoms with Gasteiger partial charge in [-0.2, -0.15) is 0 Å². The van der Waals surface area contributed by atoms with E-state index in [4.69, 9.17) is 4.74 Å². The van der Waals surface area contributed by atoms with Crippen LogP contribution in [0.25, 0.3) is 0 Å². The zero-order valence-electron chi connectivity index (χ0n) is 9.80. The van der Waals surface area contributed by atoms with Gasteiger partial charge >= 0.3 is 0 Å². The Morgan fingerprint density at radius 3 is 2.75 bits per heavy atom. The van der Waals surface area contributed by atoms with E-state index in [0.29, 0.717) is 5.69 Å². The van der Waals surface area contributed by atoms with Crippen LogP contribution in [0.15, 0.2) is 24.3 Å².